The topological polar surface area (TPSA) is 65.4 Å². The molecule has 0 saturated carbocycles. The van der Waals surface area contributed by atoms with Crippen LogP contribution in [0.1, 0.15) is 31.9 Å². The van der Waals surface area contributed by atoms with Crippen LogP contribution in [0.4, 0.5) is 5.00 Å². The van der Waals surface area contributed by atoms with E-state index in [-0.39, 0.29) is 18.3 Å². The minimum atomic E-state index is -0.219. The fraction of sp³-hybridized carbons (Fsp3) is 0.217. The van der Waals surface area contributed by atoms with E-state index in [1.54, 1.807) is 31.4 Å². The van der Waals surface area contributed by atoms with Crippen LogP contribution in [0, 0.1) is 11.3 Å². The molecule has 1 aliphatic rings. The number of hydrogen-bond acceptors (Lipinski definition) is 5. The number of benzene rings is 2. The summed E-state index contributed by atoms with van der Waals surface area (Å²) in [6, 6.07) is 19.6. The molecule has 2 heterocycles. The summed E-state index contributed by atoms with van der Waals surface area (Å²) in [6.07, 6.45) is 0.819. The first-order valence-electron chi connectivity index (χ1n) is 9.44. The number of anilines is 1. The molecule has 154 valence electrons. The van der Waals surface area contributed by atoms with Crippen molar-refractivity contribution in [2.75, 3.05) is 19.0 Å². The van der Waals surface area contributed by atoms with Gasteiger partial charge in [-0.2, -0.15) is 5.26 Å². The number of nitrogens with one attached hydrogen (secondary N) is 1. The molecule has 0 atom stereocenters. The Morgan fingerprint density at radius 2 is 1.93 bits per heavy atom. The molecule has 1 aromatic heterocycles. The lowest BCUT2D eigenvalue weighted by molar-refractivity contribution is 0.102. The van der Waals surface area contributed by atoms with Crippen LogP contribution in [0.15, 0.2) is 54.6 Å². The van der Waals surface area contributed by atoms with Gasteiger partial charge < -0.3 is 10.1 Å². The van der Waals surface area contributed by atoms with Crippen LogP contribution in [-0.2, 0) is 19.5 Å². The molecule has 3 aromatic rings. The molecule has 0 aliphatic carbocycles. The third-order valence-corrected chi connectivity index (χ3v) is 6.21. The highest BCUT2D eigenvalue weighted by Crippen LogP contribution is 2.37. The minimum Gasteiger partial charge on any atom is -0.497 e. The molecule has 2 aromatic carbocycles. The number of carbonyl (C=O) groups excluding carboxylic acids is 1. The number of amides is 1. The summed E-state index contributed by atoms with van der Waals surface area (Å²) in [5.74, 6) is 0.480. The van der Waals surface area contributed by atoms with E-state index in [9.17, 15) is 10.1 Å². The quantitative estimate of drug-likeness (QED) is 0.616. The summed E-state index contributed by atoms with van der Waals surface area (Å²) in [6.45, 7) is 2.58. The molecule has 0 saturated heterocycles. The van der Waals surface area contributed by atoms with E-state index in [0.29, 0.717) is 21.9 Å². The van der Waals surface area contributed by atoms with Crippen LogP contribution in [0.5, 0.6) is 5.75 Å². The van der Waals surface area contributed by atoms with Gasteiger partial charge in [-0.3, -0.25) is 9.69 Å². The van der Waals surface area contributed by atoms with Gasteiger partial charge in [0.1, 0.15) is 16.8 Å². The molecule has 1 amide bonds. The molecule has 1 aliphatic heterocycles. The van der Waals surface area contributed by atoms with Crippen molar-refractivity contribution in [3.63, 3.8) is 0 Å². The highest BCUT2D eigenvalue weighted by molar-refractivity contribution is 7.16. The average molecular weight is 440 g/mol. The van der Waals surface area contributed by atoms with Crippen molar-refractivity contribution in [1.29, 1.82) is 5.26 Å². The van der Waals surface area contributed by atoms with E-state index >= 15 is 0 Å². The maximum atomic E-state index is 12.6. The van der Waals surface area contributed by atoms with E-state index in [1.165, 1.54) is 16.9 Å². The molecule has 1 N–H and O–H groups in total. The highest BCUT2D eigenvalue weighted by Gasteiger charge is 2.25. The number of ether oxygens (including phenoxy) is 1. The third kappa shape index (κ3) is 4.65. The van der Waals surface area contributed by atoms with Crippen molar-refractivity contribution in [2.45, 2.75) is 19.5 Å². The summed E-state index contributed by atoms with van der Waals surface area (Å²) in [7, 11) is 1.59. The second-order valence-corrected chi connectivity index (χ2v) is 8.05. The Hall–Kier alpha value is -2.85. The molecule has 30 heavy (non-hydrogen) atoms. The van der Waals surface area contributed by atoms with E-state index < -0.39 is 0 Å². The lowest BCUT2D eigenvalue weighted by atomic mass is 10.0. The smallest absolute Gasteiger partial charge is 0.256 e. The lowest BCUT2D eigenvalue weighted by Crippen LogP contribution is -2.29. The number of hydrogen-bond donors (Lipinski definition) is 1. The predicted octanol–water partition coefficient (Wildman–Crippen LogP) is 4.86. The van der Waals surface area contributed by atoms with Gasteiger partial charge in [0.25, 0.3) is 5.91 Å². The zero-order valence-electron chi connectivity index (χ0n) is 16.6. The van der Waals surface area contributed by atoms with E-state index in [1.807, 2.05) is 6.07 Å². The number of methoxy groups -OCH3 is 1. The van der Waals surface area contributed by atoms with Crippen molar-refractivity contribution >= 4 is 34.7 Å². The van der Waals surface area contributed by atoms with Crippen molar-refractivity contribution < 1.29 is 9.53 Å². The summed E-state index contributed by atoms with van der Waals surface area (Å²) >= 11 is 1.51. The van der Waals surface area contributed by atoms with Crippen molar-refractivity contribution in [2.24, 2.45) is 0 Å². The van der Waals surface area contributed by atoms with Gasteiger partial charge in [0, 0.05) is 30.1 Å². The molecule has 5 nitrogen and oxygen atoms in total. The van der Waals surface area contributed by atoms with Gasteiger partial charge in [0.15, 0.2) is 0 Å². The predicted molar refractivity (Wildman–Crippen MR) is 121 cm³/mol. The average Bonchev–Trinajstić information content (AvgIpc) is 3.10. The number of thiophene rings is 1. The number of halogens is 1. The standard InChI is InChI=1S/C23H21N3O2S.ClH/c1-28-18-9-7-17(8-10-18)22(27)25-23-20(13-24)19-11-12-26(15-21(19)29-23)14-16-5-3-2-4-6-16;/h2-10H,11-12,14-15H2,1H3,(H,25,27);1H. The van der Waals surface area contributed by atoms with Gasteiger partial charge in [0.2, 0.25) is 0 Å². The summed E-state index contributed by atoms with van der Waals surface area (Å²) in [5, 5.41) is 13.3. The van der Waals surface area contributed by atoms with Gasteiger partial charge in [-0.1, -0.05) is 30.3 Å². The van der Waals surface area contributed by atoms with Gasteiger partial charge in [-0.25, -0.2) is 0 Å². The zero-order valence-corrected chi connectivity index (χ0v) is 18.2. The Bertz CT molecular complexity index is 1060. The molecule has 0 bridgehead atoms. The fourth-order valence-corrected chi connectivity index (χ4v) is 4.79. The summed E-state index contributed by atoms with van der Waals surface area (Å²) in [5.41, 5.74) is 3.49. The Kier molecular flexibility index (Phi) is 7.11. The van der Waals surface area contributed by atoms with Gasteiger partial charge >= 0.3 is 0 Å². The normalized spacial score (nSPS) is 12.9. The maximum Gasteiger partial charge on any atom is 0.256 e. The molecular weight excluding hydrogens is 418 g/mol. The number of nitrogens with zero attached hydrogens (tertiary/aromatic N) is 2. The largest absolute Gasteiger partial charge is 0.497 e. The second kappa shape index (κ2) is 9.77. The SMILES string of the molecule is COc1ccc(C(=O)Nc2sc3c(c2C#N)CCN(Cc2ccccc2)C3)cc1.Cl. The monoisotopic (exact) mass is 439 g/mol. The highest BCUT2D eigenvalue weighted by atomic mass is 35.5. The Labute approximate surface area is 186 Å². The lowest BCUT2D eigenvalue weighted by Gasteiger charge is -2.26. The van der Waals surface area contributed by atoms with Crippen LogP contribution < -0.4 is 10.1 Å². The number of rotatable bonds is 5. The first-order valence-corrected chi connectivity index (χ1v) is 10.3. The van der Waals surface area contributed by atoms with E-state index in [4.69, 9.17) is 4.74 Å². The fourth-order valence-electron chi connectivity index (χ4n) is 3.56. The van der Waals surface area contributed by atoms with Crippen LogP contribution in [0.3, 0.4) is 0 Å². The minimum absolute atomic E-state index is 0. The third-order valence-electron chi connectivity index (χ3n) is 5.08. The molecule has 0 fully saturated rings. The number of carbonyl (C=O) groups is 1. The van der Waals surface area contributed by atoms with E-state index in [2.05, 4.69) is 40.6 Å². The second-order valence-electron chi connectivity index (χ2n) is 6.95. The molecular formula is C23H22ClN3O2S. The molecule has 0 radical (unpaired) electrons. The number of nitriles is 1. The first-order chi connectivity index (χ1) is 14.2. The Balaban J connectivity index is 0.00000256. The zero-order chi connectivity index (χ0) is 20.2. The summed E-state index contributed by atoms with van der Waals surface area (Å²) in [4.78, 5) is 16.2. The number of fused-ring (bicyclic) bond motifs is 1. The van der Waals surface area contributed by atoms with Crippen molar-refractivity contribution in [1.82, 2.24) is 4.90 Å². The van der Waals surface area contributed by atoms with Crippen LogP contribution in [-0.4, -0.2) is 24.5 Å². The molecule has 0 unspecified atom stereocenters. The molecule has 0 spiro atoms. The van der Waals surface area contributed by atoms with Crippen LogP contribution in [0.25, 0.3) is 0 Å². The molecule has 4 rings (SSSR count). The van der Waals surface area contributed by atoms with Crippen molar-refractivity contribution in [3.8, 4) is 11.8 Å². The van der Waals surface area contributed by atoms with Crippen molar-refractivity contribution in [3.05, 3.63) is 81.7 Å². The first kappa shape index (κ1) is 21.8. The van der Waals surface area contributed by atoms with E-state index in [0.717, 1.165) is 36.5 Å². The Morgan fingerprint density at radius 3 is 2.60 bits per heavy atom. The van der Waals surface area contributed by atoms with Gasteiger partial charge in [0.05, 0.1) is 12.7 Å². The molecule has 7 heteroatoms. The van der Waals surface area contributed by atoms with Gasteiger partial charge in [-0.15, -0.1) is 23.7 Å². The summed E-state index contributed by atoms with van der Waals surface area (Å²) < 4.78 is 5.13. The maximum absolute atomic E-state index is 12.6. The van der Waals surface area contributed by atoms with Gasteiger partial charge in [-0.05, 0) is 41.8 Å². The Morgan fingerprint density at radius 1 is 1.20 bits per heavy atom. The van der Waals surface area contributed by atoms with Crippen LogP contribution in [0.2, 0.25) is 0 Å². The van der Waals surface area contributed by atoms with Crippen LogP contribution >= 0.6 is 23.7 Å².